The van der Waals surface area contributed by atoms with Crippen LogP contribution in [-0.2, 0) is 4.79 Å². The van der Waals surface area contributed by atoms with E-state index in [0.717, 1.165) is 0 Å². The zero-order valence-electron chi connectivity index (χ0n) is 7.01. The molecule has 0 aromatic carbocycles. The number of guanidine groups is 1. The summed E-state index contributed by atoms with van der Waals surface area (Å²) in [7, 11) is 1.64. The molecule has 0 aromatic heterocycles. The molecule has 1 aliphatic rings. The predicted molar refractivity (Wildman–Crippen MR) is 43.3 cm³/mol. The third kappa shape index (κ3) is 1.50. The van der Waals surface area contributed by atoms with Gasteiger partial charge in [0.2, 0.25) is 5.91 Å². The highest BCUT2D eigenvalue weighted by Gasteiger charge is 2.29. The number of carbonyl (C=O) groups is 1. The van der Waals surface area contributed by atoms with Gasteiger partial charge in [0.1, 0.15) is 6.04 Å². The SMILES string of the molecule is CN=C1NC(=O)[C@H](C(C)C)N1. The molecule has 0 bridgehead atoms. The van der Waals surface area contributed by atoms with Crippen LogP contribution in [0.3, 0.4) is 0 Å². The van der Waals surface area contributed by atoms with E-state index in [1.165, 1.54) is 0 Å². The predicted octanol–water partition coefficient (Wildman–Crippen LogP) is -0.284. The molecule has 1 rings (SSSR count). The molecule has 1 heterocycles. The van der Waals surface area contributed by atoms with Gasteiger partial charge in [0.25, 0.3) is 0 Å². The number of amides is 1. The van der Waals surface area contributed by atoms with Crippen LogP contribution in [0.5, 0.6) is 0 Å². The number of carbonyl (C=O) groups excluding carboxylic acids is 1. The van der Waals surface area contributed by atoms with Crippen LogP contribution in [0.25, 0.3) is 0 Å². The van der Waals surface area contributed by atoms with Gasteiger partial charge in [-0.2, -0.15) is 0 Å². The van der Waals surface area contributed by atoms with Crippen LogP contribution >= 0.6 is 0 Å². The van der Waals surface area contributed by atoms with E-state index in [1.807, 2.05) is 13.8 Å². The van der Waals surface area contributed by atoms with E-state index in [9.17, 15) is 4.79 Å². The largest absolute Gasteiger partial charge is 0.344 e. The van der Waals surface area contributed by atoms with Gasteiger partial charge in [0, 0.05) is 7.05 Å². The Morgan fingerprint density at radius 3 is 2.45 bits per heavy atom. The molecular weight excluding hydrogens is 142 g/mol. The summed E-state index contributed by atoms with van der Waals surface area (Å²) in [6.45, 7) is 3.99. The molecule has 1 atom stereocenters. The Hall–Kier alpha value is -1.06. The number of hydrogen-bond donors (Lipinski definition) is 2. The van der Waals surface area contributed by atoms with E-state index >= 15 is 0 Å². The minimum atomic E-state index is -0.117. The first-order valence-corrected chi connectivity index (χ1v) is 3.69. The number of hydrogen-bond acceptors (Lipinski definition) is 2. The quantitative estimate of drug-likeness (QED) is 0.547. The van der Waals surface area contributed by atoms with Gasteiger partial charge < -0.3 is 5.32 Å². The van der Waals surface area contributed by atoms with Gasteiger partial charge in [0.15, 0.2) is 5.96 Å². The monoisotopic (exact) mass is 155 g/mol. The molecule has 0 radical (unpaired) electrons. The standard InChI is InChI=1S/C7H13N3O/c1-4(2)5-6(11)10-7(8-3)9-5/h4-5H,1-3H3,(H2,8,9,10,11)/t5-/m0/s1. The molecule has 0 spiro atoms. The van der Waals surface area contributed by atoms with Gasteiger partial charge in [-0.15, -0.1) is 0 Å². The second-order valence-electron chi connectivity index (χ2n) is 2.93. The van der Waals surface area contributed by atoms with Crippen LogP contribution in [0.1, 0.15) is 13.8 Å². The highest BCUT2D eigenvalue weighted by molar-refractivity contribution is 6.06. The molecule has 0 unspecified atom stereocenters. The summed E-state index contributed by atoms with van der Waals surface area (Å²) in [4.78, 5) is 15.0. The molecule has 62 valence electrons. The van der Waals surface area contributed by atoms with Crippen LogP contribution in [-0.4, -0.2) is 25.0 Å². The minimum Gasteiger partial charge on any atom is -0.344 e. The Bertz CT molecular complexity index is 198. The lowest BCUT2D eigenvalue weighted by Gasteiger charge is -2.10. The summed E-state index contributed by atoms with van der Waals surface area (Å²) >= 11 is 0. The Morgan fingerprint density at radius 1 is 1.55 bits per heavy atom. The normalized spacial score (nSPS) is 27.5. The van der Waals surface area contributed by atoms with Crippen molar-refractivity contribution < 1.29 is 4.79 Å². The number of nitrogens with zero attached hydrogens (tertiary/aromatic N) is 1. The molecule has 1 saturated heterocycles. The van der Waals surface area contributed by atoms with Crippen molar-refractivity contribution in [1.82, 2.24) is 10.6 Å². The van der Waals surface area contributed by atoms with Crippen molar-refractivity contribution >= 4 is 11.9 Å². The van der Waals surface area contributed by atoms with Crippen molar-refractivity contribution in [2.24, 2.45) is 10.9 Å². The first-order valence-electron chi connectivity index (χ1n) is 3.69. The van der Waals surface area contributed by atoms with Gasteiger partial charge in [-0.1, -0.05) is 13.8 Å². The van der Waals surface area contributed by atoms with Crippen molar-refractivity contribution in [3.05, 3.63) is 0 Å². The average Bonchev–Trinajstić information content (AvgIpc) is 2.30. The Balaban J connectivity index is 2.66. The van der Waals surface area contributed by atoms with E-state index in [0.29, 0.717) is 11.9 Å². The van der Waals surface area contributed by atoms with Crippen molar-refractivity contribution in [3.63, 3.8) is 0 Å². The molecule has 0 saturated carbocycles. The molecule has 1 amide bonds. The van der Waals surface area contributed by atoms with Crippen LogP contribution in [0.4, 0.5) is 0 Å². The first-order chi connectivity index (χ1) is 5.15. The van der Waals surface area contributed by atoms with E-state index in [1.54, 1.807) is 7.05 Å². The summed E-state index contributed by atoms with van der Waals surface area (Å²) in [6, 6.07) is -0.117. The van der Waals surface area contributed by atoms with Crippen molar-refractivity contribution in [2.75, 3.05) is 7.05 Å². The van der Waals surface area contributed by atoms with Crippen LogP contribution in [0.2, 0.25) is 0 Å². The second kappa shape index (κ2) is 2.90. The van der Waals surface area contributed by atoms with E-state index in [4.69, 9.17) is 0 Å². The summed E-state index contributed by atoms with van der Waals surface area (Å²) < 4.78 is 0. The van der Waals surface area contributed by atoms with Gasteiger partial charge in [-0.3, -0.25) is 15.1 Å². The fourth-order valence-electron chi connectivity index (χ4n) is 1.03. The van der Waals surface area contributed by atoms with Crippen molar-refractivity contribution in [2.45, 2.75) is 19.9 Å². The first kappa shape index (κ1) is 8.04. The van der Waals surface area contributed by atoms with E-state index < -0.39 is 0 Å². The lowest BCUT2D eigenvalue weighted by molar-refractivity contribution is -0.120. The third-order valence-corrected chi connectivity index (χ3v) is 1.71. The number of aliphatic imine (C=N–C) groups is 1. The van der Waals surface area contributed by atoms with E-state index in [-0.39, 0.29) is 11.9 Å². The van der Waals surface area contributed by atoms with Crippen LogP contribution in [0.15, 0.2) is 4.99 Å². The van der Waals surface area contributed by atoms with Gasteiger partial charge in [-0.25, -0.2) is 0 Å². The topological polar surface area (TPSA) is 53.5 Å². The summed E-state index contributed by atoms with van der Waals surface area (Å²) in [6.07, 6.45) is 0. The number of nitrogens with one attached hydrogen (secondary N) is 2. The Kier molecular flexibility index (Phi) is 2.12. The van der Waals surface area contributed by atoms with Crippen LogP contribution < -0.4 is 10.6 Å². The average molecular weight is 155 g/mol. The smallest absolute Gasteiger partial charge is 0.249 e. The van der Waals surface area contributed by atoms with Crippen molar-refractivity contribution in [3.8, 4) is 0 Å². The van der Waals surface area contributed by atoms with Crippen LogP contribution in [0, 0.1) is 5.92 Å². The zero-order valence-corrected chi connectivity index (χ0v) is 7.01. The van der Waals surface area contributed by atoms with Gasteiger partial charge in [0.05, 0.1) is 0 Å². The number of rotatable bonds is 1. The highest BCUT2D eigenvalue weighted by atomic mass is 16.2. The lowest BCUT2D eigenvalue weighted by atomic mass is 10.1. The fraction of sp³-hybridized carbons (Fsp3) is 0.714. The van der Waals surface area contributed by atoms with Gasteiger partial charge >= 0.3 is 0 Å². The molecule has 4 nitrogen and oxygen atoms in total. The molecule has 2 N–H and O–H groups in total. The fourth-order valence-corrected chi connectivity index (χ4v) is 1.03. The maximum absolute atomic E-state index is 11.1. The molecule has 1 fully saturated rings. The Labute approximate surface area is 66.1 Å². The summed E-state index contributed by atoms with van der Waals surface area (Å²) in [5, 5.41) is 5.61. The molecule has 11 heavy (non-hydrogen) atoms. The minimum absolute atomic E-state index is 0.0144. The third-order valence-electron chi connectivity index (χ3n) is 1.71. The second-order valence-corrected chi connectivity index (χ2v) is 2.93. The molecule has 0 aliphatic carbocycles. The van der Waals surface area contributed by atoms with E-state index in [2.05, 4.69) is 15.6 Å². The lowest BCUT2D eigenvalue weighted by Crippen LogP contribution is -2.34. The molecule has 1 aliphatic heterocycles. The molecule has 4 heteroatoms. The Morgan fingerprint density at radius 2 is 2.18 bits per heavy atom. The zero-order chi connectivity index (χ0) is 8.43. The maximum Gasteiger partial charge on any atom is 0.249 e. The molecule has 0 aromatic rings. The summed E-state index contributed by atoms with van der Waals surface area (Å²) in [5.41, 5.74) is 0. The highest BCUT2D eigenvalue weighted by Crippen LogP contribution is 2.04. The van der Waals surface area contributed by atoms with Gasteiger partial charge in [-0.05, 0) is 5.92 Å². The van der Waals surface area contributed by atoms with Crippen molar-refractivity contribution in [1.29, 1.82) is 0 Å². The maximum atomic E-state index is 11.1. The molecular formula is C7H13N3O. The summed E-state index contributed by atoms with van der Waals surface area (Å²) in [5.74, 6) is 0.892.